The summed E-state index contributed by atoms with van der Waals surface area (Å²) >= 11 is 1.50. The normalized spacial score (nSPS) is 14.4. The number of carbonyl (C=O) groups excluding carboxylic acids is 1. The molecular formula is C14H14N2O3S. The molecular weight excluding hydrogens is 276 g/mol. The lowest BCUT2D eigenvalue weighted by molar-refractivity contribution is -0.137. The number of fused-ring (bicyclic) bond motifs is 1. The number of carbonyl (C=O) groups is 2. The van der Waals surface area contributed by atoms with Gasteiger partial charge in [-0.15, -0.1) is 11.3 Å². The molecule has 1 saturated carbocycles. The SMILES string of the molecule is O=C(O)CCN(C(=O)c1ccc2ncsc2c1)C1CC1. The first-order chi connectivity index (χ1) is 9.65. The summed E-state index contributed by atoms with van der Waals surface area (Å²) in [5.41, 5.74) is 3.25. The van der Waals surface area contributed by atoms with Crippen LogP contribution in [0.1, 0.15) is 29.6 Å². The van der Waals surface area contributed by atoms with Gasteiger partial charge in [0.05, 0.1) is 22.1 Å². The second-order valence-corrected chi connectivity index (χ2v) is 5.79. The molecule has 0 bridgehead atoms. The maximum absolute atomic E-state index is 12.5. The second kappa shape index (κ2) is 5.20. The van der Waals surface area contributed by atoms with Gasteiger partial charge in [-0.2, -0.15) is 0 Å². The summed E-state index contributed by atoms with van der Waals surface area (Å²) in [4.78, 5) is 29.1. The van der Waals surface area contributed by atoms with Crippen molar-refractivity contribution in [1.82, 2.24) is 9.88 Å². The van der Waals surface area contributed by atoms with Crippen LogP contribution in [0, 0.1) is 0 Å². The van der Waals surface area contributed by atoms with Crippen molar-refractivity contribution in [3.63, 3.8) is 0 Å². The number of aromatic nitrogens is 1. The van der Waals surface area contributed by atoms with E-state index in [1.54, 1.807) is 16.5 Å². The third-order valence-corrected chi connectivity index (χ3v) is 4.19. The molecule has 6 heteroatoms. The van der Waals surface area contributed by atoms with Crippen LogP contribution in [0.15, 0.2) is 23.7 Å². The molecule has 0 unspecified atom stereocenters. The van der Waals surface area contributed by atoms with Crippen LogP contribution >= 0.6 is 11.3 Å². The Balaban J connectivity index is 1.82. The van der Waals surface area contributed by atoms with Crippen LogP contribution < -0.4 is 0 Å². The topological polar surface area (TPSA) is 70.5 Å². The van der Waals surface area contributed by atoms with E-state index in [4.69, 9.17) is 5.11 Å². The van der Waals surface area contributed by atoms with E-state index in [1.807, 2.05) is 12.1 Å². The second-order valence-electron chi connectivity index (χ2n) is 4.91. The van der Waals surface area contributed by atoms with Gasteiger partial charge in [-0.3, -0.25) is 9.59 Å². The first-order valence-corrected chi connectivity index (χ1v) is 7.39. The molecule has 5 nitrogen and oxygen atoms in total. The van der Waals surface area contributed by atoms with Crippen molar-refractivity contribution in [2.24, 2.45) is 0 Å². The van der Waals surface area contributed by atoms with Crippen molar-refractivity contribution >= 4 is 33.4 Å². The summed E-state index contributed by atoms with van der Waals surface area (Å²) in [6, 6.07) is 5.65. The summed E-state index contributed by atoms with van der Waals surface area (Å²) in [6.45, 7) is 0.277. The molecule has 0 aliphatic heterocycles. The van der Waals surface area contributed by atoms with E-state index in [1.165, 1.54) is 11.3 Å². The largest absolute Gasteiger partial charge is 0.481 e. The average molecular weight is 290 g/mol. The standard InChI is InChI=1S/C14H14N2O3S/c17-13(18)5-6-16(10-2-3-10)14(19)9-1-4-11-12(7-9)20-8-15-11/h1,4,7-8,10H,2-3,5-6H2,(H,17,18). The highest BCUT2D eigenvalue weighted by Gasteiger charge is 2.33. The number of hydrogen-bond acceptors (Lipinski definition) is 4. The summed E-state index contributed by atoms with van der Waals surface area (Å²) in [7, 11) is 0. The van der Waals surface area contributed by atoms with Crippen molar-refractivity contribution in [1.29, 1.82) is 0 Å². The van der Waals surface area contributed by atoms with Gasteiger partial charge in [0.15, 0.2) is 0 Å². The molecule has 20 heavy (non-hydrogen) atoms. The van der Waals surface area contributed by atoms with Crippen LogP contribution in [0.25, 0.3) is 10.2 Å². The van der Waals surface area contributed by atoms with Crippen LogP contribution in [0.4, 0.5) is 0 Å². The zero-order valence-electron chi connectivity index (χ0n) is 10.8. The van der Waals surface area contributed by atoms with Crippen LogP contribution in [-0.2, 0) is 4.79 Å². The van der Waals surface area contributed by atoms with E-state index < -0.39 is 5.97 Å². The number of carboxylic acids is 1. The number of rotatable bonds is 5. The van der Waals surface area contributed by atoms with Crippen molar-refractivity contribution in [2.45, 2.75) is 25.3 Å². The van der Waals surface area contributed by atoms with Crippen LogP contribution in [0.5, 0.6) is 0 Å². The number of aliphatic carboxylic acids is 1. The predicted molar refractivity (Wildman–Crippen MR) is 75.9 cm³/mol. The first-order valence-electron chi connectivity index (χ1n) is 6.51. The molecule has 1 aromatic heterocycles. The van der Waals surface area contributed by atoms with E-state index in [0.717, 1.165) is 23.1 Å². The van der Waals surface area contributed by atoms with Gasteiger partial charge in [-0.05, 0) is 31.0 Å². The minimum Gasteiger partial charge on any atom is -0.481 e. The Morgan fingerprint density at radius 3 is 2.90 bits per heavy atom. The highest BCUT2D eigenvalue weighted by molar-refractivity contribution is 7.16. The molecule has 2 aromatic rings. The Bertz CT molecular complexity index is 663. The predicted octanol–water partition coefficient (Wildman–Crippen LogP) is 2.38. The van der Waals surface area contributed by atoms with E-state index in [9.17, 15) is 9.59 Å². The van der Waals surface area contributed by atoms with E-state index >= 15 is 0 Å². The molecule has 1 N–H and O–H groups in total. The minimum absolute atomic E-state index is 0.00889. The van der Waals surface area contributed by atoms with E-state index in [2.05, 4.69) is 4.98 Å². The fourth-order valence-electron chi connectivity index (χ4n) is 2.21. The van der Waals surface area contributed by atoms with Gasteiger partial charge < -0.3 is 10.0 Å². The monoisotopic (exact) mass is 290 g/mol. The van der Waals surface area contributed by atoms with E-state index in [0.29, 0.717) is 5.56 Å². The zero-order chi connectivity index (χ0) is 14.1. The van der Waals surface area contributed by atoms with Gasteiger partial charge >= 0.3 is 5.97 Å². The third kappa shape index (κ3) is 2.65. The van der Waals surface area contributed by atoms with Crippen molar-refractivity contribution in [3.05, 3.63) is 29.3 Å². The quantitative estimate of drug-likeness (QED) is 0.917. The number of nitrogens with zero attached hydrogens (tertiary/aromatic N) is 2. The van der Waals surface area contributed by atoms with Crippen molar-refractivity contribution in [2.75, 3.05) is 6.54 Å². The number of thiazole rings is 1. The molecule has 1 aliphatic carbocycles. The fourth-order valence-corrected chi connectivity index (χ4v) is 2.92. The van der Waals surface area contributed by atoms with Gasteiger partial charge in [0.25, 0.3) is 5.91 Å². The molecule has 0 saturated heterocycles. The first kappa shape index (κ1) is 13.1. The molecule has 0 spiro atoms. The number of hydrogen-bond donors (Lipinski definition) is 1. The van der Waals surface area contributed by atoms with Gasteiger partial charge in [-0.25, -0.2) is 4.98 Å². The lowest BCUT2D eigenvalue weighted by atomic mass is 10.2. The van der Waals surface area contributed by atoms with Crippen molar-refractivity contribution < 1.29 is 14.7 Å². The number of carboxylic acid groups (broad SMARTS) is 1. The Hall–Kier alpha value is -1.95. The Morgan fingerprint density at radius 1 is 1.40 bits per heavy atom. The molecule has 1 amide bonds. The highest BCUT2D eigenvalue weighted by atomic mass is 32.1. The van der Waals surface area contributed by atoms with Gasteiger partial charge in [0, 0.05) is 18.2 Å². The number of benzene rings is 1. The average Bonchev–Trinajstić information content (AvgIpc) is 3.15. The molecule has 1 heterocycles. The zero-order valence-corrected chi connectivity index (χ0v) is 11.6. The van der Waals surface area contributed by atoms with Gasteiger partial charge in [0.1, 0.15) is 0 Å². The summed E-state index contributed by atoms with van der Waals surface area (Å²) < 4.78 is 0.977. The van der Waals surface area contributed by atoms with Gasteiger partial charge in [-0.1, -0.05) is 0 Å². The van der Waals surface area contributed by atoms with Gasteiger partial charge in [0.2, 0.25) is 0 Å². The van der Waals surface area contributed by atoms with Crippen LogP contribution in [0.3, 0.4) is 0 Å². The Kier molecular flexibility index (Phi) is 3.40. The smallest absolute Gasteiger partial charge is 0.305 e. The van der Waals surface area contributed by atoms with E-state index in [-0.39, 0.29) is 24.9 Å². The summed E-state index contributed by atoms with van der Waals surface area (Å²) in [5, 5.41) is 8.79. The molecule has 0 atom stereocenters. The van der Waals surface area contributed by atoms with Crippen LogP contribution in [0.2, 0.25) is 0 Å². The Labute approximate surface area is 119 Å². The fraction of sp³-hybridized carbons (Fsp3) is 0.357. The molecule has 3 rings (SSSR count). The molecule has 1 aromatic carbocycles. The lowest BCUT2D eigenvalue weighted by Crippen LogP contribution is -2.34. The summed E-state index contributed by atoms with van der Waals surface area (Å²) in [6.07, 6.45) is 1.92. The minimum atomic E-state index is -0.874. The summed E-state index contributed by atoms with van der Waals surface area (Å²) in [5.74, 6) is -0.953. The van der Waals surface area contributed by atoms with Crippen LogP contribution in [-0.4, -0.2) is 39.5 Å². The maximum Gasteiger partial charge on any atom is 0.305 e. The molecule has 1 fully saturated rings. The highest BCUT2D eigenvalue weighted by Crippen LogP contribution is 2.29. The molecule has 0 radical (unpaired) electrons. The molecule has 1 aliphatic rings. The lowest BCUT2D eigenvalue weighted by Gasteiger charge is -2.21. The van der Waals surface area contributed by atoms with Crippen molar-refractivity contribution in [3.8, 4) is 0 Å². The maximum atomic E-state index is 12.5. The Morgan fingerprint density at radius 2 is 2.20 bits per heavy atom. The number of amides is 1. The third-order valence-electron chi connectivity index (χ3n) is 3.39. The molecule has 104 valence electrons.